The van der Waals surface area contributed by atoms with E-state index >= 15 is 0 Å². The Labute approximate surface area is 131 Å². The Kier molecular flexibility index (Phi) is 5.98. The Bertz CT molecular complexity index is 502. The van der Waals surface area contributed by atoms with Gasteiger partial charge in [-0.15, -0.1) is 0 Å². The molecule has 6 nitrogen and oxygen atoms in total. The average molecular weight is 306 g/mol. The first kappa shape index (κ1) is 16.5. The molecular formula is C16H26N4O2. The third kappa shape index (κ3) is 4.58. The number of carbonyl (C=O) groups is 2. The van der Waals surface area contributed by atoms with E-state index in [0.717, 1.165) is 25.7 Å². The summed E-state index contributed by atoms with van der Waals surface area (Å²) in [6.07, 6.45) is 9.46. The molecule has 0 saturated heterocycles. The highest BCUT2D eigenvalue weighted by molar-refractivity contribution is 5.92. The molecule has 0 unspecified atom stereocenters. The van der Waals surface area contributed by atoms with Crippen molar-refractivity contribution in [1.82, 2.24) is 15.1 Å². The molecule has 0 atom stereocenters. The summed E-state index contributed by atoms with van der Waals surface area (Å²) < 4.78 is 1.56. The SMILES string of the molecule is CCC(CC)C(=O)Nc1cnn(CC(=O)NC2CCCC2)c1. The highest BCUT2D eigenvalue weighted by Crippen LogP contribution is 2.17. The Morgan fingerprint density at radius 2 is 2.00 bits per heavy atom. The molecule has 22 heavy (non-hydrogen) atoms. The van der Waals surface area contributed by atoms with E-state index < -0.39 is 0 Å². The van der Waals surface area contributed by atoms with Crippen molar-refractivity contribution in [2.45, 2.75) is 65.0 Å². The second kappa shape index (κ2) is 7.96. The summed E-state index contributed by atoms with van der Waals surface area (Å²) in [4.78, 5) is 24.0. The smallest absolute Gasteiger partial charge is 0.241 e. The molecule has 2 N–H and O–H groups in total. The molecule has 1 aromatic heterocycles. The van der Waals surface area contributed by atoms with Crippen LogP contribution in [0.1, 0.15) is 52.4 Å². The fraction of sp³-hybridized carbons (Fsp3) is 0.688. The van der Waals surface area contributed by atoms with E-state index in [1.54, 1.807) is 17.1 Å². The van der Waals surface area contributed by atoms with Crippen molar-refractivity contribution in [1.29, 1.82) is 0 Å². The largest absolute Gasteiger partial charge is 0.352 e. The highest BCUT2D eigenvalue weighted by Gasteiger charge is 2.18. The lowest BCUT2D eigenvalue weighted by Gasteiger charge is -2.12. The van der Waals surface area contributed by atoms with Crippen molar-refractivity contribution < 1.29 is 9.59 Å². The lowest BCUT2D eigenvalue weighted by molar-refractivity contribution is -0.122. The van der Waals surface area contributed by atoms with Crippen LogP contribution in [0.5, 0.6) is 0 Å². The number of anilines is 1. The van der Waals surface area contributed by atoms with Gasteiger partial charge >= 0.3 is 0 Å². The highest BCUT2D eigenvalue weighted by atomic mass is 16.2. The standard InChI is InChI=1S/C16H26N4O2/c1-3-12(4-2)16(22)19-14-9-17-20(10-14)11-15(21)18-13-7-5-6-8-13/h9-10,12-13H,3-8,11H2,1-2H3,(H,18,21)(H,19,22). The van der Waals surface area contributed by atoms with E-state index in [2.05, 4.69) is 15.7 Å². The van der Waals surface area contributed by atoms with Gasteiger partial charge in [0.05, 0.1) is 11.9 Å². The molecule has 1 saturated carbocycles. The number of carbonyl (C=O) groups excluding carboxylic acids is 2. The first-order chi connectivity index (χ1) is 10.6. The van der Waals surface area contributed by atoms with Crippen molar-refractivity contribution in [2.24, 2.45) is 5.92 Å². The van der Waals surface area contributed by atoms with E-state index in [1.165, 1.54) is 12.8 Å². The summed E-state index contributed by atoms with van der Waals surface area (Å²) in [5.41, 5.74) is 0.644. The number of rotatable bonds is 7. The molecule has 122 valence electrons. The zero-order chi connectivity index (χ0) is 15.9. The third-order valence-electron chi connectivity index (χ3n) is 4.28. The van der Waals surface area contributed by atoms with Gasteiger partial charge in [-0.1, -0.05) is 26.7 Å². The molecule has 0 bridgehead atoms. The molecule has 1 aromatic rings. The zero-order valence-corrected chi connectivity index (χ0v) is 13.5. The van der Waals surface area contributed by atoms with E-state index in [1.807, 2.05) is 13.8 Å². The number of amides is 2. The van der Waals surface area contributed by atoms with Gasteiger partial charge < -0.3 is 10.6 Å². The quantitative estimate of drug-likeness (QED) is 0.811. The summed E-state index contributed by atoms with van der Waals surface area (Å²) in [7, 11) is 0. The van der Waals surface area contributed by atoms with E-state index in [0.29, 0.717) is 11.7 Å². The lowest BCUT2D eigenvalue weighted by atomic mass is 10.0. The normalized spacial score (nSPS) is 15.2. The van der Waals surface area contributed by atoms with Crippen molar-refractivity contribution in [3.05, 3.63) is 12.4 Å². The summed E-state index contributed by atoms with van der Waals surface area (Å²) >= 11 is 0. The molecule has 0 aliphatic heterocycles. The summed E-state index contributed by atoms with van der Waals surface area (Å²) in [5.74, 6) is 0.0156. The number of nitrogens with one attached hydrogen (secondary N) is 2. The van der Waals surface area contributed by atoms with E-state index in [9.17, 15) is 9.59 Å². The van der Waals surface area contributed by atoms with Crippen LogP contribution < -0.4 is 10.6 Å². The number of hydrogen-bond donors (Lipinski definition) is 2. The van der Waals surface area contributed by atoms with E-state index in [4.69, 9.17) is 0 Å². The van der Waals surface area contributed by atoms with Crippen molar-refractivity contribution in [3.63, 3.8) is 0 Å². The summed E-state index contributed by atoms with van der Waals surface area (Å²) in [6, 6.07) is 0.317. The van der Waals surface area contributed by atoms with Crippen molar-refractivity contribution in [2.75, 3.05) is 5.32 Å². The molecular weight excluding hydrogens is 280 g/mol. The minimum Gasteiger partial charge on any atom is -0.352 e. The number of aromatic nitrogens is 2. The number of nitrogens with zero attached hydrogens (tertiary/aromatic N) is 2. The van der Waals surface area contributed by atoms with Gasteiger partial charge in [-0.05, 0) is 25.7 Å². The monoisotopic (exact) mass is 306 g/mol. The van der Waals surface area contributed by atoms with Crippen LogP contribution in [0.4, 0.5) is 5.69 Å². The maximum absolute atomic E-state index is 12.0. The topological polar surface area (TPSA) is 76.0 Å². The zero-order valence-electron chi connectivity index (χ0n) is 13.5. The fourth-order valence-corrected chi connectivity index (χ4v) is 2.91. The van der Waals surface area contributed by atoms with Gasteiger partial charge in [0.25, 0.3) is 0 Å². The van der Waals surface area contributed by atoms with Gasteiger partial charge in [0.2, 0.25) is 11.8 Å². The predicted molar refractivity (Wildman–Crippen MR) is 85.3 cm³/mol. The van der Waals surface area contributed by atoms with Gasteiger partial charge in [-0.3, -0.25) is 14.3 Å². The molecule has 0 aromatic carbocycles. The van der Waals surface area contributed by atoms with Crippen molar-refractivity contribution >= 4 is 17.5 Å². The van der Waals surface area contributed by atoms with Crippen molar-refractivity contribution in [3.8, 4) is 0 Å². The Morgan fingerprint density at radius 1 is 1.32 bits per heavy atom. The average Bonchev–Trinajstić information content (AvgIpc) is 3.12. The van der Waals surface area contributed by atoms with Gasteiger partial charge in [0.15, 0.2) is 0 Å². The Balaban J connectivity index is 1.82. The first-order valence-corrected chi connectivity index (χ1v) is 8.25. The van der Waals surface area contributed by atoms with E-state index in [-0.39, 0.29) is 24.3 Å². The molecule has 2 amide bonds. The molecule has 6 heteroatoms. The minimum atomic E-state index is -0.0205. The molecule has 1 fully saturated rings. The van der Waals surface area contributed by atoms with Crippen LogP contribution in [0.2, 0.25) is 0 Å². The van der Waals surface area contributed by atoms with Gasteiger partial charge in [-0.2, -0.15) is 5.10 Å². The number of hydrogen-bond acceptors (Lipinski definition) is 3. The van der Waals surface area contributed by atoms with Gasteiger partial charge in [-0.25, -0.2) is 0 Å². The van der Waals surface area contributed by atoms with Crippen LogP contribution in [0.3, 0.4) is 0 Å². The van der Waals surface area contributed by atoms with Crippen LogP contribution >= 0.6 is 0 Å². The second-order valence-electron chi connectivity index (χ2n) is 5.98. The van der Waals surface area contributed by atoms with Crippen LogP contribution in [0, 0.1) is 5.92 Å². The maximum atomic E-state index is 12.0. The summed E-state index contributed by atoms with van der Waals surface area (Å²) in [5, 5.41) is 10.0. The molecule has 1 aliphatic rings. The first-order valence-electron chi connectivity index (χ1n) is 8.25. The maximum Gasteiger partial charge on any atom is 0.241 e. The molecule has 0 radical (unpaired) electrons. The van der Waals surface area contributed by atoms with Gasteiger partial charge in [0.1, 0.15) is 6.54 Å². The van der Waals surface area contributed by atoms with Crippen LogP contribution in [0.15, 0.2) is 12.4 Å². The third-order valence-corrected chi connectivity index (χ3v) is 4.28. The molecule has 2 rings (SSSR count). The summed E-state index contributed by atoms with van der Waals surface area (Å²) in [6.45, 7) is 4.20. The predicted octanol–water partition coefficient (Wildman–Crippen LogP) is 2.32. The second-order valence-corrected chi connectivity index (χ2v) is 5.98. The lowest BCUT2D eigenvalue weighted by Crippen LogP contribution is -2.35. The molecule has 1 heterocycles. The fourth-order valence-electron chi connectivity index (χ4n) is 2.91. The van der Waals surface area contributed by atoms with Crippen LogP contribution in [-0.4, -0.2) is 27.6 Å². The van der Waals surface area contributed by atoms with Gasteiger partial charge in [0, 0.05) is 18.2 Å². The molecule has 0 spiro atoms. The molecule has 1 aliphatic carbocycles. The Morgan fingerprint density at radius 3 is 2.64 bits per heavy atom. The Hall–Kier alpha value is -1.85. The van der Waals surface area contributed by atoms with Crippen LogP contribution in [0.25, 0.3) is 0 Å². The van der Waals surface area contributed by atoms with Crippen LogP contribution in [-0.2, 0) is 16.1 Å². The minimum absolute atomic E-state index is 0.0138.